The highest BCUT2D eigenvalue weighted by Crippen LogP contribution is 2.16. The second-order valence-electron chi connectivity index (χ2n) is 5.33. The number of carbonyl (C=O) groups excluding carboxylic acids is 1. The van der Waals surface area contributed by atoms with Gasteiger partial charge in [-0.1, -0.05) is 23.8 Å². The van der Waals surface area contributed by atoms with Gasteiger partial charge in [-0.05, 0) is 43.2 Å². The van der Waals surface area contributed by atoms with Crippen LogP contribution in [0.3, 0.4) is 0 Å². The smallest absolute Gasteiger partial charge is 0.254 e. The molecular formula is C17H19FN2O. The molecule has 0 aliphatic carbocycles. The third-order valence-corrected chi connectivity index (χ3v) is 3.50. The molecule has 2 N–H and O–H groups in total. The van der Waals surface area contributed by atoms with Crippen molar-refractivity contribution in [2.45, 2.75) is 20.4 Å². The summed E-state index contributed by atoms with van der Waals surface area (Å²) in [6, 6.07) is 10.2. The first-order valence-electron chi connectivity index (χ1n) is 6.75. The first-order chi connectivity index (χ1) is 9.88. The summed E-state index contributed by atoms with van der Waals surface area (Å²) in [4.78, 5) is 13.9. The Morgan fingerprint density at radius 1 is 1.19 bits per heavy atom. The van der Waals surface area contributed by atoms with Crippen LogP contribution in [0.1, 0.15) is 27.0 Å². The van der Waals surface area contributed by atoms with Crippen molar-refractivity contribution < 1.29 is 9.18 Å². The van der Waals surface area contributed by atoms with Crippen LogP contribution in [0.15, 0.2) is 36.4 Å². The van der Waals surface area contributed by atoms with E-state index in [9.17, 15) is 9.18 Å². The number of nitrogens with zero attached hydrogens (tertiary/aromatic N) is 1. The highest BCUT2D eigenvalue weighted by atomic mass is 19.1. The molecule has 21 heavy (non-hydrogen) atoms. The molecule has 0 bridgehead atoms. The normalized spacial score (nSPS) is 10.5. The van der Waals surface area contributed by atoms with Gasteiger partial charge in [0.1, 0.15) is 5.82 Å². The van der Waals surface area contributed by atoms with E-state index in [1.54, 1.807) is 18.0 Å². The molecule has 0 heterocycles. The molecule has 0 atom stereocenters. The SMILES string of the molecule is Cc1ccc(CN(C)C(=O)c2ccc(N)c(F)c2)c(C)c1. The topological polar surface area (TPSA) is 46.3 Å². The quantitative estimate of drug-likeness (QED) is 0.880. The number of carbonyl (C=O) groups is 1. The second-order valence-corrected chi connectivity index (χ2v) is 5.33. The highest BCUT2D eigenvalue weighted by molar-refractivity contribution is 5.94. The first-order valence-corrected chi connectivity index (χ1v) is 6.75. The van der Waals surface area contributed by atoms with Gasteiger partial charge in [0, 0.05) is 19.2 Å². The van der Waals surface area contributed by atoms with Gasteiger partial charge in [0.2, 0.25) is 0 Å². The Bertz CT molecular complexity index is 682. The monoisotopic (exact) mass is 286 g/mol. The predicted octanol–water partition coefficient (Wildman–Crippen LogP) is 3.30. The van der Waals surface area contributed by atoms with Gasteiger partial charge in [0.25, 0.3) is 5.91 Å². The van der Waals surface area contributed by atoms with Crippen LogP contribution in [0.5, 0.6) is 0 Å². The fourth-order valence-corrected chi connectivity index (χ4v) is 2.23. The predicted molar refractivity (Wildman–Crippen MR) is 82.5 cm³/mol. The van der Waals surface area contributed by atoms with Crippen LogP contribution >= 0.6 is 0 Å². The number of aryl methyl sites for hydroxylation is 2. The van der Waals surface area contributed by atoms with Crippen LogP contribution in [0.2, 0.25) is 0 Å². The van der Waals surface area contributed by atoms with Crippen LogP contribution in [-0.4, -0.2) is 17.9 Å². The van der Waals surface area contributed by atoms with Gasteiger partial charge in [-0.2, -0.15) is 0 Å². The number of nitrogen functional groups attached to an aromatic ring is 1. The minimum Gasteiger partial charge on any atom is -0.396 e. The summed E-state index contributed by atoms with van der Waals surface area (Å²) in [5.41, 5.74) is 9.17. The molecule has 2 rings (SSSR count). The fourth-order valence-electron chi connectivity index (χ4n) is 2.23. The number of amides is 1. The zero-order chi connectivity index (χ0) is 15.6. The summed E-state index contributed by atoms with van der Waals surface area (Å²) < 4.78 is 13.4. The zero-order valence-electron chi connectivity index (χ0n) is 12.5. The van der Waals surface area contributed by atoms with Crippen LogP contribution in [0.4, 0.5) is 10.1 Å². The van der Waals surface area contributed by atoms with E-state index in [0.29, 0.717) is 12.1 Å². The van der Waals surface area contributed by atoms with E-state index in [1.807, 2.05) is 26.0 Å². The summed E-state index contributed by atoms with van der Waals surface area (Å²) in [6.45, 7) is 4.53. The van der Waals surface area contributed by atoms with Gasteiger partial charge in [-0.15, -0.1) is 0 Å². The van der Waals surface area contributed by atoms with Gasteiger partial charge >= 0.3 is 0 Å². The summed E-state index contributed by atoms with van der Waals surface area (Å²) in [5, 5.41) is 0. The van der Waals surface area contributed by atoms with E-state index in [2.05, 4.69) is 6.07 Å². The largest absolute Gasteiger partial charge is 0.396 e. The van der Waals surface area contributed by atoms with Crippen molar-refractivity contribution in [1.29, 1.82) is 0 Å². The number of rotatable bonds is 3. The molecule has 1 amide bonds. The van der Waals surface area contributed by atoms with Crippen molar-refractivity contribution in [3.8, 4) is 0 Å². The fraction of sp³-hybridized carbons (Fsp3) is 0.235. The van der Waals surface area contributed by atoms with Crippen molar-refractivity contribution >= 4 is 11.6 Å². The molecular weight excluding hydrogens is 267 g/mol. The molecule has 0 radical (unpaired) electrons. The maximum atomic E-state index is 13.4. The first kappa shape index (κ1) is 15.0. The molecule has 3 nitrogen and oxygen atoms in total. The Hall–Kier alpha value is -2.36. The summed E-state index contributed by atoms with van der Waals surface area (Å²) >= 11 is 0. The van der Waals surface area contributed by atoms with E-state index < -0.39 is 5.82 Å². The van der Waals surface area contributed by atoms with Gasteiger partial charge in [0.15, 0.2) is 0 Å². The molecule has 0 aliphatic heterocycles. The lowest BCUT2D eigenvalue weighted by molar-refractivity contribution is 0.0784. The summed E-state index contributed by atoms with van der Waals surface area (Å²) in [6.07, 6.45) is 0. The molecule has 0 saturated heterocycles. The van der Waals surface area contributed by atoms with Gasteiger partial charge in [0.05, 0.1) is 5.69 Å². The average Bonchev–Trinajstić information content (AvgIpc) is 2.44. The van der Waals surface area contributed by atoms with E-state index >= 15 is 0 Å². The molecule has 110 valence electrons. The Kier molecular flexibility index (Phi) is 4.26. The molecule has 0 saturated carbocycles. The van der Waals surface area contributed by atoms with Crippen molar-refractivity contribution in [2.24, 2.45) is 0 Å². The molecule has 0 aromatic heterocycles. The molecule has 2 aromatic carbocycles. The Morgan fingerprint density at radius 2 is 1.90 bits per heavy atom. The van der Waals surface area contributed by atoms with Crippen molar-refractivity contribution in [3.05, 3.63) is 64.5 Å². The number of anilines is 1. The lowest BCUT2D eigenvalue weighted by atomic mass is 10.1. The number of halogens is 1. The van der Waals surface area contributed by atoms with Crippen LogP contribution < -0.4 is 5.73 Å². The van der Waals surface area contributed by atoms with E-state index in [0.717, 1.165) is 11.1 Å². The molecule has 2 aromatic rings. The van der Waals surface area contributed by atoms with E-state index in [4.69, 9.17) is 5.73 Å². The Labute approximate surface area is 124 Å². The van der Waals surface area contributed by atoms with E-state index in [-0.39, 0.29) is 11.6 Å². The number of hydrogen-bond donors (Lipinski definition) is 1. The Balaban J connectivity index is 2.17. The van der Waals surface area contributed by atoms with Crippen molar-refractivity contribution in [2.75, 3.05) is 12.8 Å². The standard InChI is InChI=1S/C17H19FN2O/c1-11-4-5-14(12(2)8-11)10-20(3)17(21)13-6-7-16(19)15(18)9-13/h4-9H,10,19H2,1-3H3. The van der Waals surface area contributed by atoms with Gasteiger partial charge < -0.3 is 10.6 Å². The number of benzene rings is 2. The maximum Gasteiger partial charge on any atom is 0.254 e. The third-order valence-electron chi connectivity index (χ3n) is 3.50. The molecule has 4 heteroatoms. The molecule has 0 unspecified atom stereocenters. The maximum absolute atomic E-state index is 13.4. The Morgan fingerprint density at radius 3 is 2.52 bits per heavy atom. The third kappa shape index (κ3) is 3.40. The second kappa shape index (κ2) is 5.95. The molecule has 0 aliphatic rings. The van der Waals surface area contributed by atoms with Crippen LogP contribution in [-0.2, 0) is 6.54 Å². The molecule has 0 fully saturated rings. The van der Waals surface area contributed by atoms with Crippen molar-refractivity contribution in [3.63, 3.8) is 0 Å². The minimum absolute atomic E-state index is 0.0450. The van der Waals surface area contributed by atoms with Gasteiger partial charge in [-0.3, -0.25) is 4.79 Å². The van der Waals surface area contributed by atoms with E-state index in [1.165, 1.54) is 17.7 Å². The molecule has 0 spiro atoms. The summed E-state index contributed by atoms with van der Waals surface area (Å²) in [7, 11) is 1.70. The lowest BCUT2D eigenvalue weighted by Gasteiger charge is -2.19. The lowest BCUT2D eigenvalue weighted by Crippen LogP contribution is -2.26. The number of hydrogen-bond acceptors (Lipinski definition) is 2. The van der Waals surface area contributed by atoms with Crippen LogP contribution in [0, 0.1) is 19.7 Å². The highest BCUT2D eigenvalue weighted by Gasteiger charge is 2.14. The summed E-state index contributed by atoms with van der Waals surface area (Å²) in [5.74, 6) is -0.797. The minimum atomic E-state index is -0.569. The van der Waals surface area contributed by atoms with Crippen molar-refractivity contribution in [1.82, 2.24) is 4.90 Å². The average molecular weight is 286 g/mol. The van der Waals surface area contributed by atoms with Gasteiger partial charge in [-0.25, -0.2) is 4.39 Å². The zero-order valence-corrected chi connectivity index (χ0v) is 12.5. The van der Waals surface area contributed by atoms with Crippen LogP contribution in [0.25, 0.3) is 0 Å². The number of nitrogens with two attached hydrogens (primary N) is 1.